The number of ether oxygens (including phenoxy) is 1. The quantitative estimate of drug-likeness (QED) is 0.441. The van der Waals surface area contributed by atoms with Crippen molar-refractivity contribution in [2.75, 3.05) is 30.5 Å². The number of nitrogens with zero attached hydrogens (tertiary/aromatic N) is 4. The van der Waals surface area contributed by atoms with Crippen LogP contribution in [0.4, 0.5) is 19.0 Å². The standard InChI is InChI=1S/C25H28F3N5O5S/c1-33-22(35)20-16(21(32-33)29-11-15-4-3-5-17(19(15)26)25(27,28)12-34)10-18(30-31-20)24(38-2)8-6-23(7-9-24)13-39(36,37)14-23/h3-5,10,34H,6-9,11-14H2,1-2H3,(H,29,32). The lowest BCUT2D eigenvalue weighted by molar-refractivity contribution is -0.0711. The molecule has 1 aliphatic heterocycles. The normalized spacial score (nSPS) is 19.6. The van der Waals surface area contributed by atoms with Crippen LogP contribution in [-0.4, -0.2) is 58.7 Å². The predicted molar refractivity (Wildman–Crippen MR) is 136 cm³/mol. The minimum atomic E-state index is -3.75. The van der Waals surface area contributed by atoms with E-state index in [1.54, 1.807) is 13.2 Å². The summed E-state index contributed by atoms with van der Waals surface area (Å²) in [6, 6.07) is 5.13. The van der Waals surface area contributed by atoms with Gasteiger partial charge in [-0.25, -0.2) is 17.5 Å². The van der Waals surface area contributed by atoms with E-state index < -0.39 is 44.9 Å². The molecule has 0 bridgehead atoms. The Bertz CT molecular complexity index is 1590. The maximum atomic E-state index is 14.9. The van der Waals surface area contributed by atoms with Crippen LogP contribution in [0, 0.1) is 11.2 Å². The minimum Gasteiger partial charge on any atom is -0.390 e. The van der Waals surface area contributed by atoms with Crippen molar-refractivity contribution in [3.8, 4) is 0 Å². The molecule has 0 unspecified atom stereocenters. The Morgan fingerprint density at radius 1 is 1.18 bits per heavy atom. The lowest BCUT2D eigenvalue weighted by atomic mass is 9.69. The third kappa shape index (κ3) is 4.78. The fourth-order valence-corrected chi connectivity index (χ4v) is 8.04. The number of halogens is 3. The second-order valence-electron chi connectivity index (χ2n) is 10.5. The van der Waals surface area contributed by atoms with E-state index in [-0.39, 0.29) is 40.4 Å². The van der Waals surface area contributed by atoms with Gasteiger partial charge in [-0.3, -0.25) is 4.79 Å². The predicted octanol–water partition coefficient (Wildman–Crippen LogP) is 2.39. The molecule has 5 rings (SSSR count). The number of aryl methyl sites for hydroxylation is 1. The van der Waals surface area contributed by atoms with Crippen molar-refractivity contribution < 1.29 is 31.4 Å². The molecule has 210 valence electrons. The molecule has 0 amide bonds. The highest BCUT2D eigenvalue weighted by Gasteiger charge is 2.53. The van der Waals surface area contributed by atoms with Crippen molar-refractivity contribution in [2.45, 2.75) is 43.8 Å². The number of alkyl halides is 2. The smallest absolute Gasteiger partial charge is 0.298 e. The number of aliphatic hydroxyl groups excluding tert-OH is 1. The van der Waals surface area contributed by atoms with Crippen LogP contribution in [0.5, 0.6) is 0 Å². The Labute approximate surface area is 222 Å². The summed E-state index contributed by atoms with van der Waals surface area (Å²) in [6.45, 7) is -1.78. The molecule has 10 nitrogen and oxygen atoms in total. The number of aliphatic hydroxyl groups is 1. The monoisotopic (exact) mass is 567 g/mol. The molecule has 2 fully saturated rings. The highest BCUT2D eigenvalue weighted by molar-refractivity contribution is 7.92. The van der Waals surface area contributed by atoms with Crippen LogP contribution in [0.3, 0.4) is 0 Å². The van der Waals surface area contributed by atoms with Gasteiger partial charge >= 0.3 is 0 Å². The van der Waals surface area contributed by atoms with Crippen LogP contribution in [0.15, 0.2) is 29.1 Å². The molecule has 39 heavy (non-hydrogen) atoms. The van der Waals surface area contributed by atoms with Crippen molar-refractivity contribution in [1.29, 1.82) is 0 Å². The van der Waals surface area contributed by atoms with Gasteiger partial charge in [-0.05, 0) is 43.2 Å². The molecule has 0 radical (unpaired) electrons. The van der Waals surface area contributed by atoms with Gasteiger partial charge in [0.2, 0.25) is 0 Å². The Kier molecular flexibility index (Phi) is 6.71. The van der Waals surface area contributed by atoms with Gasteiger partial charge in [-0.15, -0.1) is 5.10 Å². The van der Waals surface area contributed by atoms with Gasteiger partial charge in [-0.1, -0.05) is 12.1 Å². The number of nitrogens with one attached hydrogen (secondary N) is 1. The number of anilines is 1. The summed E-state index contributed by atoms with van der Waals surface area (Å²) in [5.74, 6) is -4.42. The van der Waals surface area contributed by atoms with E-state index >= 15 is 0 Å². The van der Waals surface area contributed by atoms with Crippen molar-refractivity contribution in [1.82, 2.24) is 20.0 Å². The SMILES string of the molecule is COC1(c2cc3c(NCc4cccc(C(F)(F)CO)c4F)nn(C)c(=O)c3nn2)CCC2(CC1)CS(=O)(=O)C2. The molecule has 2 N–H and O–H groups in total. The molecule has 1 saturated heterocycles. The minimum absolute atomic E-state index is 0.00315. The van der Waals surface area contributed by atoms with Crippen molar-refractivity contribution >= 4 is 26.6 Å². The number of hydrogen-bond acceptors (Lipinski definition) is 9. The molecular formula is C25H28F3N5O5S. The number of methoxy groups -OCH3 is 1. The molecule has 2 aromatic heterocycles. The van der Waals surface area contributed by atoms with E-state index in [0.29, 0.717) is 36.8 Å². The van der Waals surface area contributed by atoms with E-state index in [0.717, 1.165) is 10.7 Å². The summed E-state index contributed by atoms with van der Waals surface area (Å²) in [4.78, 5) is 12.7. The lowest BCUT2D eigenvalue weighted by Gasteiger charge is -2.49. The van der Waals surface area contributed by atoms with E-state index in [4.69, 9.17) is 9.84 Å². The largest absolute Gasteiger partial charge is 0.390 e. The van der Waals surface area contributed by atoms with E-state index in [2.05, 4.69) is 20.6 Å². The zero-order valence-electron chi connectivity index (χ0n) is 21.4. The molecule has 3 heterocycles. The highest BCUT2D eigenvalue weighted by atomic mass is 32.2. The van der Waals surface area contributed by atoms with Gasteiger partial charge in [0.25, 0.3) is 11.5 Å². The third-order valence-corrected chi connectivity index (χ3v) is 10.0. The van der Waals surface area contributed by atoms with Crippen LogP contribution in [0.25, 0.3) is 10.9 Å². The van der Waals surface area contributed by atoms with Gasteiger partial charge in [0.1, 0.15) is 18.0 Å². The molecule has 2 aliphatic rings. The number of rotatable bonds is 7. The second kappa shape index (κ2) is 9.52. The molecule has 0 atom stereocenters. The van der Waals surface area contributed by atoms with Crippen molar-refractivity contribution in [2.24, 2.45) is 12.5 Å². The lowest BCUT2D eigenvalue weighted by Crippen LogP contribution is -2.53. The number of hydrogen-bond donors (Lipinski definition) is 2. The van der Waals surface area contributed by atoms with E-state index in [1.807, 2.05) is 0 Å². The van der Waals surface area contributed by atoms with Crippen LogP contribution in [-0.2, 0) is 39.7 Å². The van der Waals surface area contributed by atoms with Crippen molar-refractivity contribution in [3.63, 3.8) is 0 Å². The number of fused-ring (bicyclic) bond motifs is 1. The maximum Gasteiger partial charge on any atom is 0.298 e. The number of sulfone groups is 1. The maximum absolute atomic E-state index is 14.9. The van der Waals surface area contributed by atoms with Crippen LogP contribution in [0.2, 0.25) is 0 Å². The first-order valence-electron chi connectivity index (χ1n) is 12.4. The second-order valence-corrected chi connectivity index (χ2v) is 12.6. The van der Waals surface area contributed by atoms with E-state index in [1.165, 1.54) is 19.2 Å². The average molecular weight is 568 g/mol. The van der Waals surface area contributed by atoms with Crippen LogP contribution < -0.4 is 10.9 Å². The first-order valence-corrected chi connectivity index (χ1v) is 14.2. The van der Waals surface area contributed by atoms with Crippen molar-refractivity contribution in [3.05, 3.63) is 57.3 Å². The van der Waals surface area contributed by atoms with Gasteiger partial charge in [-0.2, -0.15) is 19.0 Å². The van der Waals surface area contributed by atoms with Gasteiger partial charge in [0, 0.05) is 26.3 Å². The first kappa shape index (κ1) is 27.5. The molecule has 1 aliphatic carbocycles. The zero-order chi connectivity index (χ0) is 28.2. The summed E-state index contributed by atoms with van der Waals surface area (Å²) in [6.07, 6.45) is 2.29. The Morgan fingerprint density at radius 2 is 1.87 bits per heavy atom. The van der Waals surface area contributed by atoms with E-state index in [9.17, 15) is 26.4 Å². The summed E-state index contributed by atoms with van der Waals surface area (Å²) >= 11 is 0. The molecule has 3 aromatic rings. The summed E-state index contributed by atoms with van der Waals surface area (Å²) in [7, 11) is -0.0348. The third-order valence-electron chi connectivity index (χ3n) is 7.94. The molecule has 1 aromatic carbocycles. The van der Waals surface area contributed by atoms with Gasteiger partial charge in [0.15, 0.2) is 21.2 Å². The summed E-state index contributed by atoms with van der Waals surface area (Å²) < 4.78 is 73.4. The Morgan fingerprint density at radius 3 is 2.49 bits per heavy atom. The Balaban J connectivity index is 1.48. The zero-order valence-corrected chi connectivity index (χ0v) is 22.2. The first-order chi connectivity index (χ1) is 18.3. The molecular weight excluding hydrogens is 539 g/mol. The number of benzene rings is 1. The topological polar surface area (TPSA) is 136 Å². The molecule has 1 saturated carbocycles. The number of aromatic nitrogens is 4. The highest BCUT2D eigenvalue weighted by Crippen LogP contribution is 2.52. The molecule has 14 heteroatoms. The summed E-state index contributed by atoms with van der Waals surface area (Å²) in [5, 5.41) is 24.9. The van der Waals surface area contributed by atoms with Gasteiger partial charge in [0.05, 0.1) is 28.1 Å². The van der Waals surface area contributed by atoms with Crippen LogP contribution in [0.1, 0.15) is 42.5 Å². The summed E-state index contributed by atoms with van der Waals surface area (Å²) in [5.41, 5.74) is -2.17. The fourth-order valence-electron chi connectivity index (χ4n) is 5.68. The van der Waals surface area contributed by atoms with Gasteiger partial charge < -0.3 is 15.2 Å². The Hall–Kier alpha value is -3.10. The average Bonchev–Trinajstić information content (AvgIpc) is 2.90. The van der Waals surface area contributed by atoms with Crippen LogP contribution >= 0.6 is 0 Å². The molecule has 1 spiro atoms. The fraction of sp³-hybridized carbons (Fsp3) is 0.520.